The molecule has 0 aromatic heterocycles. The zero-order valence-electron chi connectivity index (χ0n) is 10.2. The number of hydrogen-bond donors (Lipinski definition) is 1. The van der Waals surface area contributed by atoms with Gasteiger partial charge in [0.1, 0.15) is 0 Å². The van der Waals surface area contributed by atoms with E-state index in [-0.39, 0.29) is 11.6 Å². The maximum Gasteiger partial charge on any atom is 0.0829 e. The van der Waals surface area contributed by atoms with E-state index in [2.05, 4.69) is 30.6 Å². The highest BCUT2D eigenvalue weighted by molar-refractivity contribution is 5.03. The van der Waals surface area contributed by atoms with E-state index in [1.54, 1.807) is 0 Å². The average Bonchev–Trinajstić information content (AvgIpc) is 2.78. The molecule has 0 aromatic carbocycles. The Bertz CT molecular complexity index is 247. The normalized spacial score (nSPS) is 22.9. The predicted molar refractivity (Wildman–Crippen MR) is 63.6 cm³/mol. The van der Waals surface area contributed by atoms with Gasteiger partial charge in [0.05, 0.1) is 6.10 Å². The van der Waals surface area contributed by atoms with Gasteiger partial charge in [-0.15, -0.1) is 11.8 Å². The highest BCUT2D eigenvalue weighted by atomic mass is 16.3. The lowest BCUT2D eigenvalue weighted by molar-refractivity contribution is -0.00905. The lowest BCUT2D eigenvalue weighted by atomic mass is 9.88. The first-order chi connectivity index (χ1) is 7.15. The second-order valence-corrected chi connectivity index (χ2v) is 4.55. The standard InChI is InChI=1S/C13H23NO/c1-4-6-9-12(15)13(3,5-2)14-10-7-8-11-14/h12,15H,5,7-11H2,1-3H3. The van der Waals surface area contributed by atoms with E-state index >= 15 is 0 Å². The maximum atomic E-state index is 10.2. The summed E-state index contributed by atoms with van der Waals surface area (Å²) in [6.07, 6.45) is 3.79. The van der Waals surface area contributed by atoms with Crippen molar-refractivity contribution in [3.8, 4) is 11.8 Å². The van der Waals surface area contributed by atoms with E-state index in [0.717, 1.165) is 19.5 Å². The third kappa shape index (κ3) is 2.74. The fourth-order valence-corrected chi connectivity index (χ4v) is 2.32. The molecule has 2 nitrogen and oxygen atoms in total. The number of hydrogen-bond acceptors (Lipinski definition) is 2. The number of rotatable bonds is 4. The van der Waals surface area contributed by atoms with Gasteiger partial charge in [-0.05, 0) is 46.2 Å². The molecular formula is C13H23NO. The van der Waals surface area contributed by atoms with E-state index in [4.69, 9.17) is 0 Å². The Morgan fingerprint density at radius 3 is 2.47 bits per heavy atom. The molecule has 0 saturated carbocycles. The van der Waals surface area contributed by atoms with E-state index < -0.39 is 0 Å². The Morgan fingerprint density at radius 2 is 2.00 bits per heavy atom. The van der Waals surface area contributed by atoms with Crippen molar-refractivity contribution >= 4 is 0 Å². The molecule has 1 rings (SSSR count). The predicted octanol–water partition coefficient (Wildman–Crippen LogP) is 2.03. The Hall–Kier alpha value is -0.520. The van der Waals surface area contributed by atoms with Crippen LogP contribution in [-0.4, -0.2) is 34.7 Å². The van der Waals surface area contributed by atoms with Gasteiger partial charge in [0.15, 0.2) is 0 Å². The lowest BCUT2D eigenvalue weighted by Crippen LogP contribution is -2.52. The zero-order chi connectivity index (χ0) is 11.3. The van der Waals surface area contributed by atoms with Crippen LogP contribution >= 0.6 is 0 Å². The highest BCUT2D eigenvalue weighted by Crippen LogP contribution is 2.29. The van der Waals surface area contributed by atoms with Crippen LogP contribution in [0.25, 0.3) is 0 Å². The number of nitrogens with zero attached hydrogens (tertiary/aromatic N) is 1. The van der Waals surface area contributed by atoms with Crippen LogP contribution in [0, 0.1) is 11.8 Å². The summed E-state index contributed by atoms with van der Waals surface area (Å²) in [6, 6.07) is 0. The van der Waals surface area contributed by atoms with Crippen LogP contribution in [0.5, 0.6) is 0 Å². The summed E-state index contributed by atoms with van der Waals surface area (Å²) in [6.45, 7) is 8.40. The van der Waals surface area contributed by atoms with E-state index in [1.807, 2.05) is 6.92 Å². The van der Waals surface area contributed by atoms with Gasteiger partial charge in [-0.25, -0.2) is 0 Å². The molecule has 1 heterocycles. The molecule has 0 spiro atoms. The van der Waals surface area contributed by atoms with Crippen LogP contribution in [0.3, 0.4) is 0 Å². The molecule has 0 aliphatic carbocycles. The first-order valence-electron chi connectivity index (χ1n) is 5.98. The molecule has 1 aliphatic rings. The van der Waals surface area contributed by atoms with Crippen molar-refractivity contribution in [1.29, 1.82) is 0 Å². The summed E-state index contributed by atoms with van der Waals surface area (Å²) in [5.41, 5.74) is -0.0830. The Morgan fingerprint density at radius 1 is 1.40 bits per heavy atom. The van der Waals surface area contributed by atoms with Crippen LogP contribution in [0.15, 0.2) is 0 Å². The molecule has 0 aromatic rings. The second kappa shape index (κ2) is 5.53. The largest absolute Gasteiger partial charge is 0.390 e. The zero-order valence-corrected chi connectivity index (χ0v) is 10.2. The van der Waals surface area contributed by atoms with Crippen molar-refractivity contribution in [3.63, 3.8) is 0 Å². The molecule has 0 bridgehead atoms. The van der Waals surface area contributed by atoms with Gasteiger partial charge in [0.2, 0.25) is 0 Å². The maximum absolute atomic E-state index is 10.2. The van der Waals surface area contributed by atoms with Crippen molar-refractivity contribution in [2.75, 3.05) is 13.1 Å². The third-order valence-corrected chi connectivity index (χ3v) is 3.73. The van der Waals surface area contributed by atoms with Crippen LogP contribution in [0.2, 0.25) is 0 Å². The van der Waals surface area contributed by atoms with Crippen molar-refractivity contribution in [2.24, 2.45) is 0 Å². The Kier molecular flexibility index (Phi) is 4.63. The van der Waals surface area contributed by atoms with Crippen LogP contribution in [0.1, 0.15) is 46.5 Å². The molecular weight excluding hydrogens is 186 g/mol. The van der Waals surface area contributed by atoms with E-state index in [9.17, 15) is 5.11 Å². The summed E-state index contributed by atoms with van der Waals surface area (Å²) in [5, 5.41) is 10.2. The van der Waals surface area contributed by atoms with Gasteiger partial charge in [-0.3, -0.25) is 4.90 Å². The molecule has 15 heavy (non-hydrogen) atoms. The van der Waals surface area contributed by atoms with Gasteiger partial charge < -0.3 is 5.11 Å². The average molecular weight is 209 g/mol. The van der Waals surface area contributed by atoms with Crippen molar-refractivity contribution in [2.45, 2.75) is 58.1 Å². The minimum absolute atomic E-state index is 0.0830. The Balaban J connectivity index is 2.67. The molecule has 0 radical (unpaired) electrons. The third-order valence-electron chi connectivity index (χ3n) is 3.73. The van der Waals surface area contributed by atoms with Gasteiger partial charge in [-0.1, -0.05) is 6.92 Å². The molecule has 2 heteroatoms. The van der Waals surface area contributed by atoms with Crippen molar-refractivity contribution < 1.29 is 5.11 Å². The minimum atomic E-state index is -0.326. The summed E-state index contributed by atoms with van der Waals surface area (Å²) in [7, 11) is 0. The molecule has 1 N–H and O–H groups in total. The highest BCUT2D eigenvalue weighted by Gasteiger charge is 2.37. The lowest BCUT2D eigenvalue weighted by Gasteiger charge is -2.41. The van der Waals surface area contributed by atoms with Crippen LogP contribution in [0.4, 0.5) is 0 Å². The van der Waals surface area contributed by atoms with Gasteiger partial charge in [-0.2, -0.15) is 0 Å². The summed E-state index contributed by atoms with van der Waals surface area (Å²) in [5.74, 6) is 5.84. The quantitative estimate of drug-likeness (QED) is 0.716. The van der Waals surface area contributed by atoms with Crippen molar-refractivity contribution in [3.05, 3.63) is 0 Å². The molecule has 2 unspecified atom stereocenters. The minimum Gasteiger partial charge on any atom is -0.390 e. The van der Waals surface area contributed by atoms with Crippen LogP contribution < -0.4 is 0 Å². The second-order valence-electron chi connectivity index (χ2n) is 4.55. The monoisotopic (exact) mass is 209 g/mol. The van der Waals surface area contributed by atoms with Gasteiger partial charge in [0, 0.05) is 12.0 Å². The molecule has 0 amide bonds. The number of aliphatic hydroxyl groups is 1. The Labute approximate surface area is 93.7 Å². The van der Waals surface area contributed by atoms with Crippen LogP contribution in [-0.2, 0) is 0 Å². The fraction of sp³-hybridized carbons (Fsp3) is 0.846. The number of aliphatic hydroxyl groups excluding tert-OH is 1. The molecule has 1 saturated heterocycles. The first-order valence-corrected chi connectivity index (χ1v) is 5.98. The van der Waals surface area contributed by atoms with Gasteiger partial charge >= 0.3 is 0 Å². The fourth-order valence-electron chi connectivity index (χ4n) is 2.32. The van der Waals surface area contributed by atoms with E-state index in [0.29, 0.717) is 6.42 Å². The number of likely N-dealkylation sites (tertiary alicyclic amines) is 1. The SMILES string of the molecule is CC#CCC(O)C(C)(CC)N1CCCC1. The molecule has 86 valence electrons. The molecule has 2 atom stereocenters. The van der Waals surface area contributed by atoms with E-state index in [1.165, 1.54) is 12.8 Å². The summed E-state index contributed by atoms with van der Waals surface area (Å²) in [4.78, 5) is 2.43. The smallest absolute Gasteiger partial charge is 0.0829 e. The summed E-state index contributed by atoms with van der Waals surface area (Å²) < 4.78 is 0. The van der Waals surface area contributed by atoms with Gasteiger partial charge in [0.25, 0.3) is 0 Å². The topological polar surface area (TPSA) is 23.5 Å². The first kappa shape index (κ1) is 12.5. The summed E-state index contributed by atoms with van der Waals surface area (Å²) >= 11 is 0. The molecule has 1 aliphatic heterocycles. The molecule has 1 fully saturated rings. The van der Waals surface area contributed by atoms with Crippen molar-refractivity contribution in [1.82, 2.24) is 4.90 Å².